The third kappa shape index (κ3) is 3.01. The van der Waals surface area contributed by atoms with E-state index >= 15 is 0 Å². The molecule has 1 heterocycles. The molecule has 2 aromatic rings. The number of halogens is 1. The van der Waals surface area contributed by atoms with Crippen LogP contribution in [0.4, 0.5) is 0 Å². The van der Waals surface area contributed by atoms with Gasteiger partial charge in [-0.2, -0.15) is 5.10 Å². The lowest BCUT2D eigenvalue weighted by atomic mass is 10.1. The van der Waals surface area contributed by atoms with Gasteiger partial charge in [-0.15, -0.1) is 0 Å². The first-order chi connectivity index (χ1) is 9.01. The van der Waals surface area contributed by atoms with Crippen LogP contribution in [0.5, 0.6) is 0 Å². The molecule has 0 saturated heterocycles. The number of carbonyl (C=O) groups excluding carboxylic acids is 1. The number of benzene rings is 1. The van der Waals surface area contributed by atoms with Crippen molar-refractivity contribution in [3.8, 4) is 0 Å². The average molecular weight is 324 g/mol. The van der Waals surface area contributed by atoms with Crippen LogP contribution in [0.15, 0.2) is 22.7 Å². The molecule has 100 valence electrons. The monoisotopic (exact) mass is 323 g/mol. The van der Waals surface area contributed by atoms with E-state index in [0.717, 1.165) is 21.7 Å². The molecule has 0 aliphatic carbocycles. The highest BCUT2D eigenvalue weighted by atomic mass is 79.9. The second-order valence-electron chi connectivity index (χ2n) is 4.16. The molecule has 0 aliphatic heterocycles. The second kappa shape index (κ2) is 5.52. The third-order valence-corrected chi connectivity index (χ3v) is 3.50. The normalized spacial score (nSPS) is 10.5. The number of esters is 1. The maximum atomic E-state index is 11.4. The van der Waals surface area contributed by atoms with Crippen molar-refractivity contribution >= 4 is 21.9 Å². The quantitative estimate of drug-likeness (QED) is 0.814. The summed E-state index contributed by atoms with van der Waals surface area (Å²) in [5.74, 6) is 1.27. The molecule has 0 saturated carbocycles. The Morgan fingerprint density at radius 2 is 2.16 bits per heavy atom. The molecule has 6 heteroatoms. The fourth-order valence-corrected chi connectivity index (χ4v) is 2.30. The molecule has 0 fully saturated rings. The Morgan fingerprint density at radius 3 is 2.68 bits per heavy atom. The molecule has 1 aromatic carbocycles. The Kier molecular flexibility index (Phi) is 3.99. The van der Waals surface area contributed by atoms with Gasteiger partial charge in [-0.3, -0.25) is 0 Å². The molecule has 0 bridgehead atoms. The standard InChI is InChI=1S/C13H14BrN3O2/c1-8-15-9(2)17(16-8)7-11-5-4-10(6-12(11)14)13(18)19-3/h4-6H,7H2,1-3H3. The first-order valence-electron chi connectivity index (χ1n) is 5.76. The zero-order chi connectivity index (χ0) is 14.0. The Hall–Kier alpha value is -1.69. The minimum atomic E-state index is -0.347. The van der Waals surface area contributed by atoms with E-state index in [4.69, 9.17) is 0 Å². The second-order valence-corrected chi connectivity index (χ2v) is 5.02. The van der Waals surface area contributed by atoms with Crippen molar-refractivity contribution in [3.63, 3.8) is 0 Å². The van der Waals surface area contributed by atoms with Gasteiger partial charge in [-0.1, -0.05) is 22.0 Å². The van der Waals surface area contributed by atoms with E-state index < -0.39 is 0 Å². The summed E-state index contributed by atoms with van der Waals surface area (Å²) in [7, 11) is 1.37. The number of methoxy groups -OCH3 is 1. The van der Waals surface area contributed by atoms with Crippen molar-refractivity contribution in [3.05, 3.63) is 45.4 Å². The van der Waals surface area contributed by atoms with Crippen LogP contribution in [0.1, 0.15) is 27.6 Å². The molecule has 0 spiro atoms. The van der Waals surface area contributed by atoms with Gasteiger partial charge in [0.1, 0.15) is 11.6 Å². The fourth-order valence-electron chi connectivity index (χ4n) is 1.79. The van der Waals surface area contributed by atoms with Crippen LogP contribution in [0, 0.1) is 13.8 Å². The van der Waals surface area contributed by atoms with Gasteiger partial charge in [0, 0.05) is 4.47 Å². The minimum absolute atomic E-state index is 0.347. The molecule has 5 nitrogen and oxygen atoms in total. The molecule has 0 amide bonds. The molecule has 1 aromatic heterocycles. The zero-order valence-electron chi connectivity index (χ0n) is 11.0. The maximum absolute atomic E-state index is 11.4. The van der Waals surface area contributed by atoms with Crippen LogP contribution in [0.2, 0.25) is 0 Å². The van der Waals surface area contributed by atoms with Crippen molar-refractivity contribution in [1.29, 1.82) is 0 Å². The SMILES string of the molecule is COC(=O)c1ccc(Cn2nc(C)nc2C)c(Br)c1. The highest BCUT2D eigenvalue weighted by Gasteiger charge is 2.10. The van der Waals surface area contributed by atoms with E-state index in [2.05, 4.69) is 30.7 Å². The summed E-state index contributed by atoms with van der Waals surface area (Å²) >= 11 is 3.46. The highest BCUT2D eigenvalue weighted by Crippen LogP contribution is 2.20. The van der Waals surface area contributed by atoms with Crippen molar-refractivity contribution in [2.24, 2.45) is 0 Å². The number of aryl methyl sites for hydroxylation is 2. The van der Waals surface area contributed by atoms with E-state index in [1.165, 1.54) is 7.11 Å². The number of carbonyl (C=O) groups is 1. The van der Waals surface area contributed by atoms with Gasteiger partial charge in [-0.05, 0) is 31.5 Å². The Labute approximate surface area is 119 Å². The van der Waals surface area contributed by atoms with Gasteiger partial charge in [0.15, 0.2) is 0 Å². The molecular weight excluding hydrogens is 310 g/mol. The molecule has 2 rings (SSSR count). The summed E-state index contributed by atoms with van der Waals surface area (Å²) < 4.78 is 7.36. The first-order valence-corrected chi connectivity index (χ1v) is 6.55. The van der Waals surface area contributed by atoms with Crippen LogP contribution in [-0.2, 0) is 11.3 Å². The Balaban J connectivity index is 2.27. The van der Waals surface area contributed by atoms with E-state index in [9.17, 15) is 4.79 Å². The largest absolute Gasteiger partial charge is 0.465 e. The number of aromatic nitrogens is 3. The molecule has 0 unspecified atom stereocenters. The molecule has 0 radical (unpaired) electrons. The van der Waals surface area contributed by atoms with Gasteiger partial charge in [0.25, 0.3) is 0 Å². The van der Waals surface area contributed by atoms with E-state index in [0.29, 0.717) is 12.1 Å². The molecule has 0 aliphatic rings. The highest BCUT2D eigenvalue weighted by molar-refractivity contribution is 9.10. The summed E-state index contributed by atoms with van der Waals surface area (Å²) in [6, 6.07) is 5.37. The van der Waals surface area contributed by atoms with Crippen LogP contribution in [0.3, 0.4) is 0 Å². The Morgan fingerprint density at radius 1 is 1.42 bits per heavy atom. The predicted octanol–water partition coefficient (Wildman–Crippen LogP) is 2.49. The summed E-state index contributed by atoms with van der Waals surface area (Å²) in [5, 5.41) is 4.31. The van der Waals surface area contributed by atoms with E-state index in [1.54, 1.807) is 12.1 Å². The molecule has 0 N–H and O–H groups in total. The van der Waals surface area contributed by atoms with Crippen LogP contribution >= 0.6 is 15.9 Å². The third-order valence-electron chi connectivity index (χ3n) is 2.76. The summed E-state index contributed by atoms with van der Waals surface area (Å²) in [6.07, 6.45) is 0. The van der Waals surface area contributed by atoms with Gasteiger partial charge >= 0.3 is 5.97 Å². The molecule has 0 atom stereocenters. The van der Waals surface area contributed by atoms with E-state index in [-0.39, 0.29) is 5.97 Å². The van der Waals surface area contributed by atoms with Crippen LogP contribution in [-0.4, -0.2) is 27.8 Å². The number of nitrogens with zero attached hydrogens (tertiary/aromatic N) is 3. The maximum Gasteiger partial charge on any atom is 0.337 e. The number of hydrogen-bond acceptors (Lipinski definition) is 4. The van der Waals surface area contributed by atoms with Gasteiger partial charge in [-0.25, -0.2) is 14.5 Å². The molecular formula is C13H14BrN3O2. The lowest BCUT2D eigenvalue weighted by Crippen LogP contribution is -2.06. The average Bonchev–Trinajstić information content (AvgIpc) is 2.69. The molecule has 19 heavy (non-hydrogen) atoms. The lowest BCUT2D eigenvalue weighted by molar-refractivity contribution is 0.0600. The zero-order valence-corrected chi connectivity index (χ0v) is 12.6. The lowest BCUT2D eigenvalue weighted by Gasteiger charge is -2.07. The van der Waals surface area contributed by atoms with Crippen LogP contribution in [0.25, 0.3) is 0 Å². The minimum Gasteiger partial charge on any atom is -0.465 e. The number of ether oxygens (including phenoxy) is 1. The van der Waals surface area contributed by atoms with Crippen molar-refractivity contribution in [2.75, 3.05) is 7.11 Å². The van der Waals surface area contributed by atoms with Crippen LogP contribution < -0.4 is 0 Å². The predicted molar refractivity (Wildman–Crippen MR) is 74.1 cm³/mol. The van der Waals surface area contributed by atoms with E-state index in [1.807, 2.05) is 24.6 Å². The fraction of sp³-hybridized carbons (Fsp3) is 0.308. The van der Waals surface area contributed by atoms with Crippen molar-refractivity contribution < 1.29 is 9.53 Å². The summed E-state index contributed by atoms with van der Waals surface area (Å²) in [6.45, 7) is 4.38. The van der Waals surface area contributed by atoms with Gasteiger partial charge < -0.3 is 4.74 Å². The smallest absolute Gasteiger partial charge is 0.337 e. The summed E-state index contributed by atoms with van der Waals surface area (Å²) in [5.41, 5.74) is 1.55. The first kappa shape index (κ1) is 13.7. The summed E-state index contributed by atoms with van der Waals surface area (Å²) in [4.78, 5) is 15.7. The van der Waals surface area contributed by atoms with Crippen molar-refractivity contribution in [2.45, 2.75) is 20.4 Å². The Bertz CT molecular complexity index is 622. The number of rotatable bonds is 3. The van der Waals surface area contributed by atoms with Crippen molar-refractivity contribution in [1.82, 2.24) is 14.8 Å². The van der Waals surface area contributed by atoms with Gasteiger partial charge in [0.05, 0.1) is 19.2 Å². The van der Waals surface area contributed by atoms with Gasteiger partial charge in [0.2, 0.25) is 0 Å². The number of hydrogen-bond donors (Lipinski definition) is 0. The topological polar surface area (TPSA) is 57.0 Å².